The molecule has 1 amide bonds. The fourth-order valence-corrected chi connectivity index (χ4v) is 1.03. The van der Waals surface area contributed by atoms with Crippen molar-refractivity contribution in [1.82, 2.24) is 4.98 Å². The maximum Gasteiger partial charge on any atom is 0.231 e. The summed E-state index contributed by atoms with van der Waals surface area (Å²) in [4.78, 5) is 15.5. The van der Waals surface area contributed by atoms with Crippen LogP contribution in [0.3, 0.4) is 0 Å². The van der Waals surface area contributed by atoms with E-state index in [4.69, 9.17) is 5.73 Å². The lowest BCUT2D eigenvalue weighted by molar-refractivity contribution is -0.126. The van der Waals surface area contributed by atoms with Crippen LogP contribution in [0.1, 0.15) is 27.7 Å². The summed E-state index contributed by atoms with van der Waals surface area (Å²) in [6.07, 6.45) is 1.27. The molecule has 0 aliphatic heterocycles. The maximum atomic E-state index is 12.6. The van der Waals surface area contributed by atoms with Gasteiger partial charge in [-0.25, -0.2) is 4.98 Å². The van der Waals surface area contributed by atoms with Crippen LogP contribution in [0.25, 0.3) is 0 Å². The minimum absolute atomic E-state index is 0.224. The Morgan fingerprint density at radius 2 is 1.94 bits per heavy atom. The van der Waals surface area contributed by atoms with E-state index in [-0.39, 0.29) is 5.91 Å². The number of carbonyl (C=O) groups is 1. The van der Waals surface area contributed by atoms with Crippen molar-refractivity contribution in [2.24, 2.45) is 11.1 Å². The van der Waals surface area contributed by atoms with E-state index in [1.54, 1.807) is 27.7 Å². The number of nitrogens with two attached hydrogens (primary N) is 1. The van der Waals surface area contributed by atoms with Crippen molar-refractivity contribution in [3.63, 3.8) is 0 Å². The number of nitrogens with zero attached hydrogens (tertiary/aromatic N) is 1. The minimum Gasteiger partial charge on any atom is -0.325 e. The number of hydrogen-bond donors (Lipinski definition) is 2. The van der Waals surface area contributed by atoms with Crippen LogP contribution in [0, 0.1) is 11.4 Å². The average Bonchev–Trinajstić information content (AvgIpc) is 2.19. The third kappa shape index (κ3) is 3.00. The van der Waals surface area contributed by atoms with Gasteiger partial charge < -0.3 is 11.1 Å². The molecule has 5 heteroatoms. The van der Waals surface area contributed by atoms with Crippen LogP contribution in [0.2, 0.25) is 0 Å². The highest BCUT2D eigenvalue weighted by Crippen LogP contribution is 2.29. The molecule has 0 aliphatic carbocycles. The first-order valence-corrected chi connectivity index (χ1v) is 5.36. The van der Waals surface area contributed by atoms with Crippen molar-refractivity contribution in [2.45, 2.75) is 33.2 Å². The number of anilines is 1. The number of rotatable bonds is 3. The summed E-state index contributed by atoms with van der Waals surface area (Å²) in [6.45, 7) is 7.10. The predicted molar refractivity (Wildman–Crippen MR) is 64.9 cm³/mol. The summed E-state index contributed by atoms with van der Waals surface area (Å²) in [5, 5.41) is 2.67. The molecule has 1 heterocycles. The van der Waals surface area contributed by atoms with Crippen LogP contribution < -0.4 is 11.1 Å². The monoisotopic (exact) mass is 239 g/mol. The Labute approximate surface area is 100 Å². The maximum absolute atomic E-state index is 12.6. The zero-order valence-corrected chi connectivity index (χ0v) is 10.5. The van der Waals surface area contributed by atoms with Gasteiger partial charge in [-0.2, -0.15) is 4.39 Å². The second-order valence-corrected chi connectivity index (χ2v) is 5.17. The van der Waals surface area contributed by atoms with Gasteiger partial charge in [0.2, 0.25) is 11.9 Å². The molecule has 0 atom stereocenters. The van der Waals surface area contributed by atoms with Crippen LogP contribution >= 0.6 is 0 Å². The van der Waals surface area contributed by atoms with E-state index in [2.05, 4.69) is 10.3 Å². The molecule has 0 radical (unpaired) electrons. The van der Waals surface area contributed by atoms with Crippen LogP contribution in [-0.2, 0) is 4.79 Å². The van der Waals surface area contributed by atoms with E-state index in [9.17, 15) is 9.18 Å². The summed E-state index contributed by atoms with van der Waals surface area (Å²) >= 11 is 0. The van der Waals surface area contributed by atoms with Gasteiger partial charge in [-0.15, -0.1) is 0 Å². The Balaban J connectivity index is 2.83. The average molecular weight is 239 g/mol. The smallest absolute Gasteiger partial charge is 0.231 e. The van der Waals surface area contributed by atoms with E-state index in [0.717, 1.165) is 0 Å². The molecular formula is C12H18FN3O. The molecule has 0 aliphatic rings. The second-order valence-electron chi connectivity index (χ2n) is 5.17. The largest absolute Gasteiger partial charge is 0.325 e. The van der Waals surface area contributed by atoms with Gasteiger partial charge >= 0.3 is 0 Å². The van der Waals surface area contributed by atoms with Crippen molar-refractivity contribution in [2.75, 3.05) is 5.32 Å². The molecule has 0 fully saturated rings. The first kappa shape index (κ1) is 13.6. The normalized spacial score (nSPS) is 12.4. The lowest BCUT2D eigenvalue weighted by Gasteiger charge is -2.36. The molecule has 4 nitrogen and oxygen atoms in total. The van der Waals surface area contributed by atoms with E-state index < -0.39 is 16.9 Å². The number of aromatic nitrogens is 1. The van der Waals surface area contributed by atoms with Crippen molar-refractivity contribution >= 4 is 11.6 Å². The Morgan fingerprint density at radius 3 is 2.35 bits per heavy atom. The lowest BCUT2D eigenvalue weighted by Crippen LogP contribution is -2.53. The molecular weight excluding hydrogens is 221 g/mol. The van der Waals surface area contributed by atoms with Gasteiger partial charge in [-0.05, 0) is 39.8 Å². The quantitative estimate of drug-likeness (QED) is 0.792. The van der Waals surface area contributed by atoms with Gasteiger partial charge in [0, 0.05) is 5.54 Å². The Morgan fingerprint density at radius 1 is 1.35 bits per heavy atom. The molecule has 0 saturated heterocycles. The van der Waals surface area contributed by atoms with Crippen LogP contribution in [-0.4, -0.2) is 16.4 Å². The van der Waals surface area contributed by atoms with Gasteiger partial charge in [0.1, 0.15) is 0 Å². The standard InChI is InChI=1S/C12H18FN3O/c1-11(2,12(3,4)14)10(17)16-8-5-6-9(13)15-7-8/h5-7H,14H2,1-4H3,(H,16,17). The van der Waals surface area contributed by atoms with Gasteiger partial charge in [-0.1, -0.05) is 0 Å². The number of halogens is 1. The number of hydrogen-bond acceptors (Lipinski definition) is 3. The van der Waals surface area contributed by atoms with E-state index >= 15 is 0 Å². The molecule has 1 aromatic heterocycles. The number of nitrogens with one attached hydrogen (secondary N) is 1. The van der Waals surface area contributed by atoms with Crippen LogP contribution in [0.4, 0.5) is 10.1 Å². The molecule has 0 bridgehead atoms. The fraction of sp³-hybridized carbons (Fsp3) is 0.500. The number of amides is 1. The molecule has 94 valence electrons. The first-order chi connectivity index (χ1) is 7.64. The zero-order valence-electron chi connectivity index (χ0n) is 10.5. The molecule has 3 N–H and O–H groups in total. The molecule has 1 aromatic rings. The van der Waals surface area contributed by atoms with E-state index in [1.165, 1.54) is 18.3 Å². The molecule has 1 rings (SSSR count). The minimum atomic E-state index is -0.749. The predicted octanol–water partition coefficient (Wildman–Crippen LogP) is 1.92. The van der Waals surface area contributed by atoms with Gasteiger partial charge in [-0.3, -0.25) is 4.79 Å². The lowest BCUT2D eigenvalue weighted by atomic mass is 9.74. The van der Waals surface area contributed by atoms with Crippen molar-refractivity contribution in [3.05, 3.63) is 24.3 Å². The van der Waals surface area contributed by atoms with Crippen molar-refractivity contribution in [3.8, 4) is 0 Å². The Kier molecular flexibility index (Phi) is 3.52. The number of carbonyl (C=O) groups excluding carboxylic acids is 1. The highest BCUT2D eigenvalue weighted by Gasteiger charge is 2.40. The van der Waals surface area contributed by atoms with E-state index in [1.807, 2.05) is 0 Å². The van der Waals surface area contributed by atoms with Crippen molar-refractivity contribution < 1.29 is 9.18 Å². The molecule has 0 unspecified atom stereocenters. The Bertz CT molecular complexity index is 407. The second kappa shape index (κ2) is 4.41. The van der Waals surface area contributed by atoms with Crippen LogP contribution in [0.5, 0.6) is 0 Å². The summed E-state index contributed by atoms with van der Waals surface area (Å²) in [6, 6.07) is 2.65. The van der Waals surface area contributed by atoms with Gasteiger partial charge in [0.25, 0.3) is 0 Å². The highest BCUT2D eigenvalue weighted by atomic mass is 19.1. The summed E-state index contributed by atoms with van der Waals surface area (Å²) in [5.74, 6) is -0.806. The van der Waals surface area contributed by atoms with Gasteiger partial charge in [0.15, 0.2) is 0 Å². The summed E-state index contributed by atoms with van der Waals surface area (Å²) < 4.78 is 12.6. The van der Waals surface area contributed by atoms with Gasteiger partial charge in [0.05, 0.1) is 17.3 Å². The Hall–Kier alpha value is -1.49. The molecule has 0 saturated carbocycles. The fourth-order valence-electron chi connectivity index (χ4n) is 1.03. The van der Waals surface area contributed by atoms with Crippen LogP contribution in [0.15, 0.2) is 18.3 Å². The topological polar surface area (TPSA) is 68.0 Å². The SMILES string of the molecule is CC(C)(N)C(C)(C)C(=O)Nc1ccc(F)nc1. The molecule has 0 spiro atoms. The van der Waals surface area contributed by atoms with Crippen molar-refractivity contribution in [1.29, 1.82) is 0 Å². The third-order valence-electron chi connectivity index (χ3n) is 3.16. The first-order valence-electron chi connectivity index (χ1n) is 5.36. The summed E-state index contributed by atoms with van der Waals surface area (Å²) in [7, 11) is 0. The molecule has 17 heavy (non-hydrogen) atoms. The highest BCUT2D eigenvalue weighted by molar-refractivity contribution is 5.95. The zero-order chi connectivity index (χ0) is 13.3. The number of pyridine rings is 1. The van der Waals surface area contributed by atoms with E-state index in [0.29, 0.717) is 5.69 Å². The molecule has 0 aromatic carbocycles. The third-order valence-corrected chi connectivity index (χ3v) is 3.16. The summed E-state index contributed by atoms with van der Waals surface area (Å²) in [5.41, 5.74) is 5.00.